The van der Waals surface area contributed by atoms with E-state index in [4.69, 9.17) is 0 Å². The Bertz CT molecular complexity index is 471. The summed E-state index contributed by atoms with van der Waals surface area (Å²) in [7, 11) is 0. The number of rotatable bonds is 4. The first-order valence-electron chi connectivity index (χ1n) is 7.77. The van der Waals surface area contributed by atoms with Crippen LogP contribution in [-0.4, -0.2) is 22.6 Å². The van der Waals surface area contributed by atoms with Crippen LogP contribution in [0, 0.1) is 11.3 Å². The minimum Gasteiger partial charge on any atom is -0.351 e. The predicted molar refractivity (Wildman–Crippen MR) is 80.8 cm³/mol. The van der Waals surface area contributed by atoms with E-state index in [0.29, 0.717) is 11.6 Å². The van der Waals surface area contributed by atoms with E-state index in [1.807, 2.05) is 0 Å². The number of aryl methyl sites for hydroxylation is 1. The van der Waals surface area contributed by atoms with Crippen molar-refractivity contribution >= 4 is 5.91 Å². The number of amides is 1. The number of H-pyrrole nitrogens is 1. The lowest BCUT2D eigenvalue weighted by molar-refractivity contribution is 0.0946. The summed E-state index contributed by atoms with van der Waals surface area (Å²) in [6.07, 6.45) is 5.25. The third-order valence-electron chi connectivity index (χ3n) is 4.40. The lowest BCUT2D eigenvalue weighted by Crippen LogP contribution is -2.29. The van der Waals surface area contributed by atoms with Crippen molar-refractivity contribution in [1.82, 2.24) is 15.5 Å². The minimum atomic E-state index is -0.0227. The van der Waals surface area contributed by atoms with Gasteiger partial charge in [-0.15, -0.1) is 0 Å². The third-order valence-corrected chi connectivity index (χ3v) is 4.40. The first-order valence-corrected chi connectivity index (χ1v) is 7.77. The highest BCUT2D eigenvalue weighted by molar-refractivity contribution is 5.94. The van der Waals surface area contributed by atoms with Crippen molar-refractivity contribution in [2.24, 2.45) is 11.3 Å². The molecule has 0 aliphatic heterocycles. The minimum absolute atomic E-state index is 0.0227. The zero-order valence-electron chi connectivity index (χ0n) is 13.2. The molecule has 1 unspecified atom stereocenters. The number of aromatic nitrogens is 2. The zero-order chi connectivity index (χ0) is 14.8. The molecule has 0 saturated carbocycles. The molecule has 2 N–H and O–H groups in total. The summed E-state index contributed by atoms with van der Waals surface area (Å²) in [5, 5.41) is 10.3. The molecule has 1 aromatic heterocycles. The Morgan fingerprint density at radius 1 is 1.45 bits per heavy atom. The molecule has 0 saturated heterocycles. The normalized spacial score (nSPS) is 18.7. The Balaban J connectivity index is 2.11. The van der Waals surface area contributed by atoms with Gasteiger partial charge in [0.1, 0.15) is 0 Å². The van der Waals surface area contributed by atoms with Gasteiger partial charge >= 0.3 is 0 Å². The van der Waals surface area contributed by atoms with Crippen LogP contribution in [0.1, 0.15) is 68.7 Å². The Labute approximate surface area is 121 Å². The smallest absolute Gasteiger partial charge is 0.272 e. The van der Waals surface area contributed by atoms with Crippen LogP contribution < -0.4 is 5.32 Å². The van der Waals surface area contributed by atoms with Gasteiger partial charge in [-0.3, -0.25) is 9.89 Å². The van der Waals surface area contributed by atoms with Crippen molar-refractivity contribution in [3.05, 3.63) is 17.0 Å². The highest BCUT2D eigenvalue weighted by Crippen LogP contribution is 2.37. The molecular formula is C16H27N3O. The Hall–Kier alpha value is -1.32. The van der Waals surface area contributed by atoms with Crippen molar-refractivity contribution in [3.8, 4) is 0 Å². The van der Waals surface area contributed by atoms with Gasteiger partial charge in [-0.1, -0.05) is 34.1 Å². The summed E-state index contributed by atoms with van der Waals surface area (Å²) in [5.74, 6) is 0.598. The first-order chi connectivity index (χ1) is 9.43. The number of carbonyl (C=O) groups is 1. The summed E-state index contributed by atoms with van der Waals surface area (Å²) in [6.45, 7) is 9.70. The molecule has 0 bridgehead atoms. The van der Waals surface area contributed by atoms with Crippen LogP contribution in [0.25, 0.3) is 0 Å². The SMILES string of the molecule is CCCCNC(=O)c1n[nH]c2c1CC(C(C)(C)C)CC2. The van der Waals surface area contributed by atoms with Gasteiger partial charge in [-0.25, -0.2) is 0 Å². The molecule has 1 amide bonds. The molecule has 1 atom stereocenters. The van der Waals surface area contributed by atoms with Gasteiger partial charge < -0.3 is 5.32 Å². The molecule has 0 spiro atoms. The highest BCUT2D eigenvalue weighted by atomic mass is 16.1. The lowest BCUT2D eigenvalue weighted by atomic mass is 9.71. The summed E-state index contributed by atoms with van der Waals surface area (Å²) >= 11 is 0. The van der Waals surface area contributed by atoms with E-state index in [1.165, 1.54) is 6.42 Å². The van der Waals surface area contributed by atoms with E-state index in [1.54, 1.807) is 0 Å². The van der Waals surface area contributed by atoms with Crippen molar-refractivity contribution in [2.75, 3.05) is 6.54 Å². The molecule has 1 aromatic rings. The predicted octanol–water partition coefficient (Wildman–Crippen LogP) is 3.09. The van der Waals surface area contributed by atoms with Gasteiger partial charge in [0.15, 0.2) is 5.69 Å². The maximum atomic E-state index is 12.2. The molecule has 4 heteroatoms. The Morgan fingerprint density at radius 3 is 2.85 bits per heavy atom. The highest BCUT2D eigenvalue weighted by Gasteiger charge is 2.32. The second-order valence-electron chi connectivity index (χ2n) is 6.94. The summed E-state index contributed by atoms with van der Waals surface area (Å²) < 4.78 is 0. The number of carbonyl (C=O) groups excluding carboxylic acids is 1. The van der Waals surface area contributed by atoms with E-state index >= 15 is 0 Å². The maximum Gasteiger partial charge on any atom is 0.272 e. The average molecular weight is 277 g/mol. The number of nitrogens with zero attached hydrogens (tertiary/aromatic N) is 1. The fourth-order valence-corrected chi connectivity index (χ4v) is 2.88. The second kappa shape index (κ2) is 5.98. The van der Waals surface area contributed by atoms with E-state index < -0.39 is 0 Å². The zero-order valence-corrected chi connectivity index (χ0v) is 13.2. The summed E-state index contributed by atoms with van der Waals surface area (Å²) in [5.41, 5.74) is 3.20. The van der Waals surface area contributed by atoms with Gasteiger partial charge in [0.05, 0.1) is 0 Å². The molecule has 0 aromatic carbocycles. The molecule has 20 heavy (non-hydrogen) atoms. The van der Waals surface area contributed by atoms with E-state index in [2.05, 4.69) is 43.2 Å². The number of unbranched alkanes of at least 4 members (excludes halogenated alkanes) is 1. The second-order valence-corrected chi connectivity index (χ2v) is 6.94. The fraction of sp³-hybridized carbons (Fsp3) is 0.750. The number of hydrogen-bond acceptors (Lipinski definition) is 2. The lowest BCUT2D eigenvalue weighted by Gasteiger charge is -2.33. The van der Waals surface area contributed by atoms with Crippen molar-refractivity contribution in [2.45, 2.75) is 59.8 Å². The molecule has 1 aliphatic carbocycles. The average Bonchev–Trinajstić information content (AvgIpc) is 2.80. The van der Waals surface area contributed by atoms with Crippen molar-refractivity contribution < 1.29 is 4.79 Å². The van der Waals surface area contributed by atoms with Crippen LogP contribution in [0.5, 0.6) is 0 Å². The van der Waals surface area contributed by atoms with Gasteiger partial charge in [-0.05, 0) is 37.0 Å². The maximum absolute atomic E-state index is 12.2. The topological polar surface area (TPSA) is 57.8 Å². The van der Waals surface area contributed by atoms with Crippen LogP contribution in [0.15, 0.2) is 0 Å². The molecule has 1 heterocycles. The fourth-order valence-electron chi connectivity index (χ4n) is 2.88. The van der Waals surface area contributed by atoms with Crippen LogP contribution >= 0.6 is 0 Å². The number of nitrogens with one attached hydrogen (secondary N) is 2. The van der Waals surface area contributed by atoms with Crippen LogP contribution in [-0.2, 0) is 12.8 Å². The van der Waals surface area contributed by atoms with Crippen LogP contribution in [0.2, 0.25) is 0 Å². The Kier molecular flexibility index (Phi) is 4.51. The van der Waals surface area contributed by atoms with E-state index in [9.17, 15) is 4.79 Å². The van der Waals surface area contributed by atoms with E-state index in [0.717, 1.165) is 43.5 Å². The van der Waals surface area contributed by atoms with Gasteiger partial charge in [0.25, 0.3) is 5.91 Å². The summed E-state index contributed by atoms with van der Waals surface area (Å²) in [6, 6.07) is 0. The number of hydrogen-bond donors (Lipinski definition) is 2. The Morgan fingerprint density at radius 2 is 2.20 bits per heavy atom. The van der Waals surface area contributed by atoms with Gasteiger partial charge in [0.2, 0.25) is 0 Å². The summed E-state index contributed by atoms with van der Waals surface area (Å²) in [4.78, 5) is 12.2. The number of aromatic amines is 1. The molecule has 2 rings (SSSR count). The largest absolute Gasteiger partial charge is 0.351 e. The molecule has 0 radical (unpaired) electrons. The van der Waals surface area contributed by atoms with Crippen molar-refractivity contribution in [3.63, 3.8) is 0 Å². The number of fused-ring (bicyclic) bond motifs is 1. The van der Waals surface area contributed by atoms with Gasteiger partial charge in [-0.2, -0.15) is 5.10 Å². The third kappa shape index (κ3) is 3.22. The van der Waals surface area contributed by atoms with Crippen molar-refractivity contribution in [1.29, 1.82) is 0 Å². The van der Waals surface area contributed by atoms with Gasteiger partial charge in [0, 0.05) is 17.8 Å². The molecule has 0 fully saturated rings. The molecule has 1 aliphatic rings. The monoisotopic (exact) mass is 277 g/mol. The quantitative estimate of drug-likeness (QED) is 0.831. The molecule has 112 valence electrons. The molecular weight excluding hydrogens is 250 g/mol. The van der Waals surface area contributed by atoms with Crippen LogP contribution in [0.3, 0.4) is 0 Å². The molecule has 4 nitrogen and oxygen atoms in total. The first kappa shape index (κ1) is 15.1. The standard InChI is InChI=1S/C16H27N3O/c1-5-6-9-17-15(20)14-12-10-11(16(2,3)4)7-8-13(12)18-19-14/h11H,5-10H2,1-4H3,(H,17,20)(H,18,19). The van der Waals surface area contributed by atoms with Crippen LogP contribution in [0.4, 0.5) is 0 Å². The van der Waals surface area contributed by atoms with E-state index in [-0.39, 0.29) is 11.3 Å².